The highest BCUT2D eigenvalue weighted by molar-refractivity contribution is 14.1. The van der Waals surface area contributed by atoms with E-state index in [4.69, 9.17) is 11.6 Å². The van der Waals surface area contributed by atoms with Crippen molar-refractivity contribution in [1.29, 1.82) is 0 Å². The average molecular weight is 361 g/mol. The zero-order valence-corrected chi connectivity index (χ0v) is 11.5. The summed E-state index contributed by atoms with van der Waals surface area (Å²) in [5, 5.41) is 0.133. The van der Waals surface area contributed by atoms with Crippen LogP contribution >= 0.6 is 34.2 Å². The molecule has 0 heterocycles. The predicted octanol–water partition coefficient (Wildman–Crippen LogP) is 4.31. The Morgan fingerprint density at radius 2 is 1.76 bits per heavy atom. The second-order valence-corrected chi connectivity index (χ2v) is 5.11. The van der Waals surface area contributed by atoms with E-state index >= 15 is 0 Å². The first-order valence-electron chi connectivity index (χ1n) is 4.83. The van der Waals surface area contributed by atoms with Crippen LogP contribution in [0, 0.1) is 9.39 Å². The van der Waals surface area contributed by atoms with Crippen LogP contribution in [0.1, 0.15) is 15.9 Å². The summed E-state index contributed by atoms with van der Waals surface area (Å²) in [5.41, 5.74) is 0.855. The lowest BCUT2D eigenvalue weighted by Gasteiger charge is -2.03. The molecule has 2 aromatic rings. The number of hydrogen-bond acceptors (Lipinski definition) is 1. The van der Waals surface area contributed by atoms with Crippen LogP contribution in [-0.4, -0.2) is 5.78 Å². The third-order valence-electron chi connectivity index (χ3n) is 2.28. The van der Waals surface area contributed by atoms with E-state index in [0.717, 1.165) is 9.64 Å². The van der Waals surface area contributed by atoms with E-state index in [-0.39, 0.29) is 10.8 Å². The van der Waals surface area contributed by atoms with Crippen molar-refractivity contribution in [3.05, 3.63) is 68.0 Å². The molecule has 0 atom stereocenters. The smallest absolute Gasteiger partial charge is 0.194 e. The normalized spacial score (nSPS) is 10.3. The van der Waals surface area contributed by atoms with E-state index in [9.17, 15) is 9.18 Å². The van der Waals surface area contributed by atoms with E-state index in [2.05, 4.69) is 22.6 Å². The molecule has 0 aliphatic rings. The van der Waals surface area contributed by atoms with Crippen LogP contribution < -0.4 is 0 Å². The summed E-state index contributed by atoms with van der Waals surface area (Å²) in [4.78, 5) is 12.1. The number of carbonyl (C=O) groups excluding carboxylic acids is 1. The zero-order chi connectivity index (χ0) is 12.4. The highest BCUT2D eigenvalue weighted by atomic mass is 127. The molecule has 0 saturated heterocycles. The molecule has 0 N–H and O–H groups in total. The third-order valence-corrected chi connectivity index (χ3v) is 3.31. The van der Waals surface area contributed by atoms with Gasteiger partial charge in [0.05, 0.1) is 5.02 Å². The maximum Gasteiger partial charge on any atom is 0.194 e. The molecule has 0 bridgehead atoms. The fourth-order valence-corrected chi connectivity index (χ4v) is 2.04. The molecule has 0 aliphatic heterocycles. The Bertz CT molecular complexity index is 566. The van der Waals surface area contributed by atoms with Gasteiger partial charge in [-0.3, -0.25) is 4.79 Å². The van der Waals surface area contributed by atoms with Gasteiger partial charge in [-0.1, -0.05) is 11.6 Å². The summed E-state index contributed by atoms with van der Waals surface area (Å²) in [7, 11) is 0. The van der Waals surface area contributed by atoms with Crippen molar-refractivity contribution < 1.29 is 9.18 Å². The van der Waals surface area contributed by atoms with Crippen molar-refractivity contribution in [2.45, 2.75) is 0 Å². The number of ketones is 1. The Kier molecular flexibility index (Phi) is 3.79. The maximum atomic E-state index is 12.9. The van der Waals surface area contributed by atoms with E-state index in [1.807, 2.05) is 12.1 Å². The van der Waals surface area contributed by atoms with E-state index in [1.54, 1.807) is 12.1 Å². The Morgan fingerprint density at radius 1 is 1.12 bits per heavy atom. The molecule has 0 fully saturated rings. The van der Waals surface area contributed by atoms with Crippen LogP contribution in [0.5, 0.6) is 0 Å². The molecule has 86 valence electrons. The van der Waals surface area contributed by atoms with Crippen molar-refractivity contribution in [2.75, 3.05) is 0 Å². The van der Waals surface area contributed by atoms with Crippen LogP contribution in [-0.2, 0) is 0 Å². The van der Waals surface area contributed by atoms with Gasteiger partial charge in [0, 0.05) is 14.7 Å². The van der Waals surface area contributed by atoms with Crippen molar-refractivity contribution in [2.24, 2.45) is 0 Å². The summed E-state index contributed by atoms with van der Waals surface area (Å²) < 4.78 is 13.9. The standard InChI is InChI=1S/C13H7ClFIO/c14-12-7-9(15)3-6-11(12)13(17)8-1-4-10(16)5-2-8/h1-7H. The lowest BCUT2D eigenvalue weighted by atomic mass is 10.0. The van der Waals surface area contributed by atoms with Gasteiger partial charge in [-0.25, -0.2) is 4.39 Å². The van der Waals surface area contributed by atoms with Gasteiger partial charge < -0.3 is 0 Å². The summed E-state index contributed by atoms with van der Waals surface area (Å²) in [6.07, 6.45) is 0. The SMILES string of the molecule is O=C(c1ccc(I)cc1)c1ccc(F)cc1Cl. The molecule has 0 amide bonds. The highest BCUT2D eigenvalue weighted by Crippen LogP contribution is 2.21. The van der Waals surface area contributed by atoms with Gasteiger partial charge in [0.1, 0.15) is 5.82 Å². The largest absolute Gasteiger partial charge is 0.289 e. The number of halogens is 3. The fraction of sp³-hybridized carbons (Fsp3) is 0. The Hall–Kier alpha value is -0.940. The van der Waals surface area contributed by atoms with Gasteiger partial charge in [0.15, 0.2) is 5.78 Å². The summed E-state index contributed by atoms with van der Waals surface area (Å²) in [5.74, 6) is -0.652. The second kappa shape index (κ2) is 5.14. The molecule has 0 aliphatic carbocycles. The van der Waals surface area contributed by atoms with Gasteiger partial charge in [0.25, 0.3) is 0 Å². The first kappa shape index (κ1) is 12.5. The molecule has 0 unspecified atom stereocenters. The van der Waals surface area contributed by atoms with Crippen LogP contribution in [0.15, 0.2) is 42.5 Å². The van der Waals surface area contributed by atoms with Crippen molar-refractivity contribution in [3.63, 3.8) is 0 Å². The predicted molar refractivity (Wildman–Crippen MR) is 74.0 cm³/mol. The molecule has 17 heavy (non-hydrogen) atoms. The molecule has 0 radical (unpaired) electrons. The minimum absolute atomic E-state index is 0.133. The Balaban J connectivity index is 2.40. The minimum Gasteiger partial charge on any atom is -0.289 e. The van der Waals surface area contributed by atoms with Crippen LogP contribution in [0.2, 0.25) is 5.02 Å². The first-order chi connectivity index (χ1) is 8.08. The molecule has 2 rings (SSSR count). The molecular formula is C13H7ClFIO. The summed E-state index contributed by atoms with van der Waals surface area (Å²) in [6.45, 7) is 0. The maximum absolute atomic E-state index is 12.9. The topological polar surface area (TPSA) is 17.1 Å². The van der Waals surface area contributed by atoms with E-state index in [0.29, 0.717) is 11.1 Å². The molecule has 4 heteroatoms. The fourth-order valence-electron chi connectivity index (χ4n) is 1.43. The minimum atomic E-state index is -0.450. The number of benzene rings is 2. The van der Waals surface area contributed by atoms with Crippen LogP contribution in [0.3, 0.4) is 0 Å². The Labute approximate surface area is 117 Å². The van der Waals surface area contributed by atoms with Crippen LogP contribution in [0.25, 0.3) is 0 Å². The number of hydrogen-bond donors (Lipinski definition) is 0. The third kappa shape index (κ3) is 2.84. The average Bonchev–Trinajstić information content (AvgIpc) is 2.29. The quantitative estimate of drug-likeness (QED) is 0.576. The molecule has 0 aromatic heterocycles. The number of rotatable bonds is 2. The van der Waals surface area contributed by atoms with E-state index < -0.39 is 5.82 Å². The zero-order valence-electron chi connectivity index (χ0n) is 8.58. The second-order valence-electron chi connectivity index (χ2n) is 3.46. The molecule has 0 saturated carbocycles. The van der Waals surface area contributed by atoms with Gasteiger partial charge in [-0.15, -0.1) is 0 Å². The van der Waals surface area contributed by atoms with Gasteiger partial charge >= 0.3 is 0 Å². The lowest BCUT2D eigenvalue weighted by Crippen LogP contribution is -2.02. The lowest BCUT2D eigenvalue weighted by molar-refractivity contribution is 0.103. The molecule has 1 nitrogen and oxygen atoms in total. The van der Waals surface area contributed by atoms with Gasteiger partial charge in [-0.05, 0) is 65.1 Å². The monoisotopic (exact) mass is 360 g/mol. The number of carbonyl (C=O) groups is 1. The van der Waals surface area contributed by atoms with Gasteiger partial charge in [0.2, 0.25) is 0 Å². The molecule has 0 spiro atoms. The summed E-state index contributed by atoms with van der Waals surface area (Å²) >= 11 is 8.00. The molecular weight excluding hydrogens is 353 g/mol. The van der Waals surface area contributed by atoms with Gasteiger partial charge in [-0.2, -0.15) is 0 Å². The highest BCUT2D eigenvalue weighted by Gasteiger charge is 2.13. The van der Waals surface area contributed by atoms with E-state index in [1.165, 1.54) is 12.1 Å². The van der Waals surface area contributed by atoms with Crippen molar-refractivity contribution in [1.82, 2.24) is 0 Å². The Morgan fingerprint density at radius 3 is 2.35 bits per heavy atom. The molecule has 2 aromatic carbocycles. The van der Waals surface area contributed by atoms with Crippen LogP contribution in [0.4, 0.5) is 4.39 Å². The van der Waals surface area contributed by atoms with Crippen molar-refractivity contribution in [3.8, 4) is 0 Å². The van der Waals surface area contributed by atoms with Crippen molar-refractivity contribution >= 4 is 40.0 Å². The summed E-state index contributed by atoms with van der Waals surface area (Å²) in [6, 6.07) is 10.9. The first-order valence-corrected chi connectivity index (χ1v) is 6.29.